The van der Waals surface area contributed by atoms with Crippen LogP contribution in [-0.4, -0.2) is 19.3 Å². The van der Waals surface area contributed by atoms with Crippen LogP contribution in [0.15, 0.2) is 12.2 Å². The van der Waals surface area contributed by atoms with Crippen LogP contribution < -0.4 is 5.73 Å². The van der Waals surface area contributed by atoms with Crippen molar-refractivity contribution >= 4 is 0 Å². The molecule has 2 nitrogen and oxygen atoms in total. The van der Waals surface area contributed by atoms with Crippen molar-refractivity contribution < 1.29 is 4.74 Å². The highest BCUT2D eigenvalue weighted by Crippen LogP contribution is 2.40. The lowest BCUT2D eigenvalue weighted by Crippen LogP contribution is -2.18. The number of ether oxygens (including phenoxy) is 1. The summed E-state index contributed by atoms with van der Waals surface area (Å²) in [6.07, 6.45) is 12.8. The van der Waals surface area contributed by atoms with Gasteiger partial charge in [0.2, 0.25) is 0 Å². The minimum absolute atomic E-state index is 0.537. The molecule has 0 aromatic heterocycles. The third kappa shape index (κ3) is 3.05. The molecule has 86 valence electrons. The number of allylic oxidation sites excluding steroid dienone is 1. The van der Waals surface area contributed by atoms with Gasteiger partial charge >= 0.3 is 0 Å². The zero-order valence-corrected chi connectivity index (χ0v) is 9.53. The first-order chi connectivity index (χ1) is 7.40. The van der Waals surface area contributed by atoms with Crippen LogP contribution in [0, 0.1) is 11.8 Å². The summed E-state index contributed by atoms with van der Waals surface area (Å²) in [5.41, 5.74) is 5.45. The van der Waals surface area contributed by atoms with E-state index in [1.807, 2.05) is 0 Å². The smallest absolute Gasteiger partial charge is 0.0643 e. The van der Waals surface area contributed by atoms with E-state index in [-0.39, 0.29) is 0 Å². The fourth-order valence-electron chi connectivity index (χ4n) is 2.76. The van der Waals surface area contributed by atoms with Gasteiger partial charge in [0.15, 0.2) is 0 Å². The predicted molar refractivity (Wildman–Crippen MR) is 62.6 cm³/mol. The molecular formula is C13H23NO. The van der Waals surface area contributed by atoms with Gasteiger partial charge in [-0.1, -0.05) is 25.0 Å². The highest BCUT2D eigenvalue weighted by Gasteiger charge is 2.35. The lowest BCUT2D eigenvalue weighted by molar-refractivity contribution is 0.0343. The highest BCUT2D eigenvalue weighted by molar-refractivity contribution is 5.10. The summed E-state index contributed by atoms with van der Waals surface area (Å²) in [5, 5.41) is 0. The van der Waals surface area contributed by atoms with Crippen LogP contribution >= 0.6 is 0 Å². The van der Waals surface area contributed by atoms with E-state index >= 15 is 0 Å². The van der Waals surface area contributed by atoms with Gasteiger partial charge in [0.1, 0.15) is 0 Å². The summed E-state index contributed by atoms with van der Waals surface area (Å²) in [7, 11) is 0. The van der Waals surface area contributed by atoms with Crippen molar-refractivity contribution in [3.63, 3.8) is 0 Å². The summed E-state index contributed by atoms with van der Waals surface area (Å²) >= 11 is 0. The van der Waals surface area contributed by atoms with Crippen molar-refractivity contribution in [1.29, 1.82) is 0 Å². The van der Waals surface area contributed by atoms with Crippen molar-refractivity contribution in [3.05, 3.63) is 12.2 Å². The molecule has 0 saturated heterocycles. The molecule has 1 fully saturated rings. The first kappa shape index (κ1) is 11.2. The maximum atomic E-state index is 5.93. The van der Waals surface area contributed by atoms with Crippen LogP contribution in [-0.2, 0) is 4.74 Å². The molecule has 2 aliphatic rings. The molecule has 2 rings (SSSR count). The molecule has 0 heterocycles. The second-order valence-electron chi connectivity index (χ2n) is 4.89. The quantitative estimate of drug-likeness (QED) is 0.516. The molecule has 2 bridgehead atoms. The first-order valence-corrected chi connectivity index (χ1v) is 6.40. The first-order valence-electron chi connectivity index (χ1n) is 6.40. The molecule has 3 atom stereocenters. The number of hydrogen-bond acceptors (Lipinski definition) is 2. The molecule has 2 N–H and O–H groups in total. The number of unbranched alkanes of at least 4 members (excludes halogenated alkanes) is 3. The molecule has 0 unspecified atom stereocenters. The summed E-state index contributed by atoms with van der Waals surface area (Å²) < 4.78 is 5.93. The van der Waals surface area contributed by atoms with Gasteiger partial charge in [-0.05, 0) is 38.1 Å². The van der Waals surface area contributed by atoms with Gasteiger partial charge in [-0.25, -0.2) is 0 Å². The Morgan fingerprint density at radius 2 is 1.93 bits per heavy atom. The molecule has 0 radical (unpaired) electrons. The Balaban J connectivity index is 1.50. The van der Waals surface area contributed by atoms with Crippen LogP contribution in [0.4, 0.5) is 0 Å². The lowest BCUT2D eigenvalue weighted by Gasteiger charge is -2.18. The zero-order valence-electron chi connectivity index (χ0n) is 9.53. The molecule has 0 amide bonds. The topological polar surface area (TPSA) is 35.2 Å². The molecule has 15 heavy (non-hydrogen) atoms. The largest absolute Gasteiger partial charge is 0.378 e. The fourth-order valence-corrected chi connectivity index (χ4v) is 2.76. The molecule has 2 heteroatoms. The Labute approximate surface area is 92.9 Å². The van der Waals surface area contributed by atoms with Gasteiger partial charge in [-0.15, -0.1) is 0 Å². The molecule has 0 spiro atoms. The number of hydrogen-bond donors (Lipinski definition) is 1. The van der Waals surface area contributed by atoms with E-state index in [2.05, 4.69) is 12.2 Å². The second-order valence-corrected chi connectivity index (χ2v) is 4.89. The van der Waals surface area contributed by atoms with Gasteiger partial charge in [0, 0.05) is 12.5 Å². The average molecular weight is 209 g/mol. The maximum absolute atomic E-state index is 5.93. The Morgan fingerprint density at radius 1 is 1.07 bits per heavy atom. The van der Waals surface area contributed by atoms with Crippen molar-refractivity contribution in [2.45, 2.75) is 44.6 Å². The third-order valence-electron chi connectivity index (χ3n) is 3.65. The van der Waals surface area contributed by atoms with Crippen molar-refractivity contribution in [2.24, 2.45) is 17.6 Å². The van der Waals surface area contributed by atoms with E-state index in [4.69, 9.17) is 10.5 Å². The minimum atomic E-state index is 0.537. The molecule has 0 aromatic rings. The van der Waals surface area contributed by atoms with Gasteiger partial charge in [0.25, 0.3) is 0 Å². The zero-order chi connectivity index (χ0) is 10.5. The Bertz CT molecular complexity index is 215. The normalized spacial score (nSPS) is 32.7. The van der Waals surface area contributed by atoms with Gasteiger partial charge in [-0.3, -0.25) is 0 Å². The van der Waals surface area contributed by atoms with Crippen LogP contribution in [0.2, 0.25) is 0 Å². The van der Waals surface area contributed by atoms with E-state index in [1.54, 1.807) is 0 Å². The number of rotatable bonds is 7. The molecule has 2 aliphatic carbocycles. The van der Waals surface area contributed by atoms with E-state index in [1.165, 1.54) is 32.1 Å². The third-order valence-corrected chi connectivity index (χ3v) is 3.65. The predicted octanol–water partition coefficient (Wildman–Crippen LogP) is 2.49. The van der Waals surface area contributed by atoms with Crippen molar-refractivity contribution in [3.8, 4) is 0 Å². The van der Waals surface area contributed by atoms with E-state index in [0.29, 0.717) is 6.10 Å². The summed E-state index contributed by atoms with van der Waals surface area (Å²) in [5.74, 6) is 1.57. The SMILES string of the molecule is NCCCCCCO[C@H]1C[C@@H]2C=C[C@H]1C2. The van der Waals surface area contributed by atoms with Gasteiger partial charge in [0.05, 0.1) is 6.10 Å². The van der Waals surface area contributed by atoms with Crippen LogP contribution in [0.25, 0.3) is 0 Å². The van der Waals surface area contributed by atoms with E-state index < -0.39 is 0 Å². The minimum Gasteiger partial charge on any atom is -0.378 e. The Morgan fingerprint density at radius 3 is 2.60 bits per heavy atom. The second kappa shape index (κ2) is 5.66. The summed E-state index contributed by atoms with van der Waals surface area (Å²) in [6.45, 7) is 1.78. The Hall–Kier alpha value is -0.340. The van der Waals surface area contributed by atoms with Crippen LogP contribution in [0.3, 0.4) is 0 Å². The van der Waals surface area contributed by atoms with E-state index in [0.717, 1.165) is 31.4 Å². The molecule has 0 aromatic carbocycles. The maximum Gasteiger partial charge on any atom is 0.0643 e. The van der Waals surface area contributed by atoms with Crippen molar-refractivity contribution in [2.75, 3.05) is 13.2 Å². The average Bonchev–Trinajstić information content (AvgIpc) is 2.85. The highest BCUT2D eigenvalue weighted by atomic mass is 16.5. The number of nitrogens with two attached hydrogens (primary N) is 1. The molecular weight excluding hydrogens is 186 g/mol. The monoisotopic (exact) mass is 209 g/mol. The molecule has 1 saturated carbocycles. The number of fused-ring (bicyclic) bond motifs is 2. The van der Waals surface area contributed by atoms with Gasteiger partial charge in [-0.2, -0.15) is 0 Å². The summed E-state index contributed by atoms with van der Waals surface area (Å²) in [6, 6.07) is 0. The van der Waals surface area contributed by atoms with Crippen LogP contribution in [0.5, 0.6) is 0 Å². The molecule has 0 aliphatic heterocycles. The summed E-state index contributed by atoms with van der Waals surface area (Å²) in [4.78, 5) is 0. The van der Waals surface area contributed by atoms with Crippen LogP contribution in [0.1, 0.15) is 38.5 Å². The van der Waals surface area contributed by atoms with E-state index in [9.17, 15) is 0 Å². The van der Waals surface area contributed by atoms with Gasteiger partial charge < -0.3 is 10.5 Å². The lowest BCUT2D eigenvalue weighted by atomic mass is 10.0. The van der Waals surface area contributed by atoms with Crippen molar-refractivity contribution in [1.82, 2.24) is 0 Å². The Kier molecular flexibility index (Phi) is 4.21. The fraction of sp³-hybridized carbons (Fsp3) is 0.846. The standard InChI is InChI=1S/C13H23NO/c14-7-3-1-2-4-8-15-13-10-11-5-6-12(13)9-11/h5-6,11-13H,1-4,7-10,14H2/t11-,12+,13+/m1/s1.